The molecule has 0 unspecified atom stereocenters. The van der Waals surface area contributed by atoms with Gasteiger partial charge in [0, 0.05) is 50.1 Å². The molecule has 5 heterocycles. The molecule has 0 radical (unpaired) electrons. The summed E-state index contributed by atoms with van der Waals surface area (Å²) in [5.74, 6) is 5.99. The van der Waals surface area contributed by atoms with Crippen LogP contribution in [0.5, 0.6) is 46.0 Å². The number of rotatable bonds is 16. The van der Waals surface area contributed by atoms with E-state index >= 15 is 0 Å². The van der Waals surface area contributed by atoms with Gasteiger partial charge in [-0.05, 0) is 55.4 Å². The molecule has 1 N–H and O–H groups in total. The zero-order chi connectivity index (χ0) is 55.6. The smallest absolute Gasteiger partial charge is 0.168 e. The highest BCUT2D eigenvalue weighted by atomic mass is 16.5. The van der Waals surface area contributed by atoms with Crippen molar-refractivity contribution < 1.29 is 37.9 Å². The number of hydrogen-bond donors (Lipinski definition) is 1. The third-order valence-corrected chi connectivity index (χ3v) is 14.8. The van der Waals surface area contributed by atoms with Crippen molar-refractivity contribution in [3.63, 3.8) is 0 Å². The van der Waals surface area contributed by atoms with Crippen molar-refractivity contribution in [3.8, 4) is 91.5 Å². The second kappa shape index (κ2) is 20.7. The lowest BCUT2D eigenvalue weighted by Gasteiger charge is -2.17. The molecule has 0 aliphatic carbocycles. The maximum Gasteiger partial charge on any atom is 0.168 e. The van der Waals surface area contributed by atoms with E-state index < -0.39 is 0 Å². The Bertz CT molecular complexity index is 4290. The SMILES string of the molecule is CCOc1c2c(c(OCC)c3ccccc13)-c1nc-2nc2[nH]c(nc3nc(nc4c5c(OCC)c6ccccc6c(OCC)c5c(n1)n4C)-c1c-3c(OCC)c3ccccc3c1OCC)c1c(OCC)c3ccccc3c(OCC)c21. The van der Waals surface area contributed by atoms with Gasteiger partial charge in [0.15, 0.2) is 23.3 Å². The maximum atomic E-state index is 6.80. The van der Waals surface area contributed by atoms with Gasteiger partial charge in [-0.3, -0.25) is 0 Å². The summed E-state index contributed by atoms with van der Waals surface area (Å²) in [5, 5.41) is 9.23. The first-order valence-electron chi connectivity index (χ1n) is 28.0. The van der Waals surface area contributed by atoms with Gasteiger partial charge in [-0.15, -0.1) is 0 Å². The van der Waals surface area contributed by atoms with Crippen molar-refractivity contribution in [2.24, 2.45) is 7.05 Å². The van der Waals surface area contributed by atoms with Crippen LogP contribution in [0, 0.1) is 0 Å². The summed E-state index contributed by atoms with van der Waals surface area (Å²) in [6, 6.07) is 32.3. The minimum Gasteiger partial charge on any atom is -0.492 e. The van der Waals surface area contributed by atoms with Crippen molar-refractivity contribution in [2.75, 3.05) is 52.9 Å². The summed E-state index contributed by atoms with van der Waals surface area (Å²) in [6.07, 6.45) is 0. The summed E-state index contributed by atoms with van der Waals surface area (Å²) in [4.78, 5) is 37.5. The molecule has 8 bridgehead atoms. The molecule has 13 rings (SSSR count). The number of benzene rings is 8. The molecule has 408 valence electrons. The van der Waals surface area contributed by atoms with Gasteiger partial charge in [0.2, 0.25) is 0 Å². The quantitative estimate of drug-likeness (QED) is 0.0968. The zero-order valence-electron chi connectivity index (χ0n) is 46.8. The summed E-state index contributed by atoms with van der Waals surface area (Å²) in [7, 11) is 1.94. The summed E-state index contributed by atoms with van der Waals surface area (Å²) in [6.45, 7) is 18.6. The average Bonchev–Trinajstić information content (AvgIpc) is 4.41. The number of fused-ring (bicyclic) bond motifs is 24. The molecule has 0 saturated heterocycles. The molecule has 0 saturated carbocycles. The standard InChI is InChI=1S/C65H60N8O8/c1-10-74-50-34-26-18-19-27-35(34)51(75-11-2)43-42(50)58-66-59(43)68-61-45-47(55(79-15-6)39-31-23-21-29-37(39)53(45)77-13-4)63(70-61)72-65-49-48(56(80-16-7)40-32-24-25-33-41(40)57(49)81-17-8)64(73(65)9)71-62-46-44(60(67-58)69-62)52(76-12-3)36-28-20-22-30-38(36)54(46)78-14-5/h18-33H,10-17H2,1-9H3,(H,66,67,68,69,70,71,72). The highest BCUT2D eigenvalue weighted by molar-refractivity contribution is 6.23. The molecule has 0 spiro atoms. The van der Waals surface area contributed by atoms with Gasteiger partial charge in [-0.1, -0.05) is 97.1 Å². The lowest BCUT2D eigenvalue weighted by molar-refractivity contribution is 0.339. The molecule has 0 atom stereocenters. The molecule has 3 aromatic heterocycles. The molecule has 16 nitrogen and oxygen atoms in total. The fourth-order valence-corrected chi connectivity index (χ4v) is 11.9. The number of aromatic amines is 1. The minimum absolute atomic E-state index is 0.314. The number of H-pyrrole nitrogens is 1. The molecule has 16 heteroatoms. The predicted molar refractivity (Wildman–Crippen MR) is 320 cm³/mol. The van der Waals surface area contributed by atoms with Crippen LogP contribution in [0.1, 0.15) is 55.4 Å². The van der Waals surface area contributed by atoms with Gasteiger partial charge >= 0.3 is 0 Å². The Hall–Kier alpha value is -9.44. The lowest BCUT2D eigenvalue weighted by Crippen LogP contribution is -2.01. The van der Waals surface area contributed by atoms with Gasteiger partial charge in [0.1, 0.15) is 68.6 Å². The van der Waals surface area contributed by atoms with E-state index in [0.29, 0.717) is 189 Å². The second-order valence-electron chi connectivity index (χ2n) is 19.3. The molecule has 2 aliphatic rings. The van der Waals surface area contributed by atoms with Crippen molar-refractivity contribution in [2.45, 2.75) is 55.4 Å². The van der Waals surface area contributed by atoms with E-state index in [1.54, 1.807) is 0 Å². The lowest BCUT2D eigenvalue weighted by atomic mass is 9.98. The van der Waals surface area contributed by atoms with Gasteiger partial charge < -0.3 is 47.4 Å². The Kier molecular flexibility index (Phi) is 13.0. The summed E-state index contributed by atoms with van der Waals surface area (Å²) >= 11 is 0. The van der Waals surface area contributed by atoms with E-state index in [9.17, 15) is 0 Å². The first-order valence-corrected chi connectivity index (χ1v) is 28.0. The van der Waals surface area contributed by atoms with E-state index in [2.05, 4.69) is 4.98 Å². The number of aryl methyl sites for hydroxylation is 1. The molecule has 0 amide bonds. The predicted octanol–water partition coefficient (Wildman–Crippen LogP) is 14.7. The van der Waals surface area contributed by atoms with E-state index in [1.807, 2.05) is 164 Å². The van der Waals surface area contributed by atoms with Crippen LogP contribution in [-0.4, -0.2) is 92.3 Å². The minimum atomic E-state index is 0.314. The topological polar surface area (TPSA) is 172 Å². The van der Waals surface area contributed by atoms with E-state index in [0.717, 1.165) is 43.1 Å². The third-order valence-electron chi connectivity index (χ3n) is 14.8. The largest absolute Gasteiger partial charge is 0.492 e. The Balaban J connectivity index is 1.36. The van der Waals surface area contributed by atoms with Gasteiger partial charge in [-0.25, -0.2) is 29.9 Å². The van der Waals surface area contributed by atoms with Crippen molar-refractivity contribution >= 4 is 87.2 Å². The third kappa shape index (κ3) is 7.77. The molecular formula is C65H60N8O8. The van der Waals surface area contributed by atoms with Crippen LogP contribution in [0.2, 0.25) is 0 Å². The van der Waals surface area contributed by atoms with Crippen molar-refractivity contribution in [1.82, 2.24) is 39.5 Å². The Morgan fingerprint density at radius 1 is 0.296 bits per heavy atom. The highest BCUT2D eigenvalue weighted by Crippen LogP contribution is 2.56. The van der Waals surface area contributed by atoms with E-state index in [4.69, 9.17) is 67.8 Å². The number of nitrogens with one attached hydrogen (secondary N) is 1. The Morgan fingerprint density at radius 2 is 0.519 bits per heavy atom. The number of aromatic nitrogens is 8. The number of nitrogens with zero attached hydrogens (tertiary/aromatic N) is 7. The monoisotopic (exact) mass is 1080 g/mol. The van der Waals surface area contributed by atoms with E-state index in [-0.39, 0.29) is 0 Å². The Labute approximate surface area is 466 Å². The average molecular weight is 1080 g/mol. The van der Waals surface area contributed by atoms with Crippen LogP contribution in [0.25, 0.3) is 133 Å². The molecule has 11 aromatic rings. The summed E-state index contributed by atoms with van der Waals surface area (Å²) in [5.41, 5.74) is 4.18. The van der Waals surface area contributed by atoms with Crippen LogP contribution in [0.3, 0.4) is 0 Å². The van der Waals surface area contributed by atoms with Crippen LogP contribution in [0.15, 0.2) is 97.1 Å². The van der Waals surface area contributed by atoms with Crippen LogP contribution < -0.4 is 37.9 Å². The highest BCUT2D eigenvalue weighted by Gasteiger charge is 2.36. The Morgan fingerprint density at radius 3 is 0.778 bits per heavy atom. The fraction of sp³-hybridized carbons (Fsp3) is 0.262. The molecular weight excluding hydrogens is 1020 g/mol. The van der Waals surface area contributed by atoms with Crippen LogP contribution in [0.4, 0.5) is 0 Å². The fourth-order valence-electron chi connectivity index (χ4n) is 11.9. The molecule has 8 aromatic carbocycles. The van der Waals surface area contributed by atoms with Gasteiger partial charge in [0.05, 0.1) is 96.7 Å². The first kappa shape index (κ1) is 51.0. The summed E-state index contributed by atoms with van der Waals surface area (Å²) < 4.78 is 56.1. The van der Waals surface area contributed by atoms with E-state index in [1.165, 1.54) is 0 Å². The second-order valence-corrected chi connectivity index (χ2v) is 19.3. The normalized spacial score (nSPS) is 11.9. The number of hydrogen-bond acceptors (Lipinski definition) is 14. The van der Waals surface area contributed by atoms with Crippen molar-refractivity contribution in [1.29, 1.82) is 0 Å². The molecule has 81 heavy (non-hydrogen) atoms. The first-order chi connectivity index (χ1) is 39.8. The van der Waals surface area contributed by atoms with Crippen molar-refractivity contribution in [3.05, 3.63) is 97.1 Å². The van der Waals surface area contributed by atoms with Gasteiger partial charge in [0.25, 0.3) is 0 Å². The van der Waals surface area contributed by atoms with Gasteiger partial charge in [-0.2, -0.15) is 0 Å². The molecule has 2 aliphatic heterocycles. The molecule has 0 fully saturated rings. The van der Waals surface area contributed by atoms with Crippen LogP contribution in [-0.2, 0) is 7.05 Å². The maximum absolute atomic E-state index is 6.80. The number of ether oxygens (including phenoxy) is 8. The van der Waals surface area contributed by atoms with Crippen LogP contribution >= 0.6 is 0 Å². The zero-order valence-corrected chi connectivity index (χ0v) is 46.8.